The fourth-order valence-electron chi connectivity index (χ4n) is 5.44. The molecule has 5 atom stereocenters. The Morgan fingerprint density at radius 3 is 2.14 bits per heavy atom. The van der Waals surface area contributed by atoms with Crippen LogP contribution in [0, 0.1) is 33.8 Å². The van der Waals surface area contributed by atoms with E-state index in [0.29, 0.717) is 0 Å². The number of hydrogen-bond donors (Lipinski definition) is 0. The number of allylic oxidation sites excluding steroid dienone is 2. The minimum Gasteiger partial charge on any atom is -0.456 e. The smallest absolute Gasteiger partial charge is 0.330 e. The molecule has 1 saturated heterocycles. The van der Waals surface area contributed by atoms with Gasteiger partial charge in [0.1, 0.15) is 6.04 Å². The molecule has 1 saturated carbocycles. The molecule has 2 fully saturated rings. The lowest BCUT2D eigenvalue weighted by Crippen LogP contribution is -2.48. The third kappa shape index (κ3) is 4.03. The Morgan fingerprint density at radius 2 is 1.57 bits per heavy atom. The van der Waals surface area contributed by atoms with Crippen molar-refractivity contribution in [3.63, 3.8) is 0 Å². The maximum Gasteiger partial charge on any atom is 0.330 e. The number of ether oxygens (including phenoxy) is 1. The van der Waals surface area contributed by atoms with Crippen LogP contribution in [0.4, 0.5) is 5.69 Å². The third-order valence-corrected chi connectivity index (χ3v) is 7.11. The standard InChI is InChI=1S/C26H22N2O7/c29-21(16-8-10-19(11-9-16)28(33)34)14-35-26(32)20(12-15-4-2-1-3-5-15)27-24(30)22-17-6-7-18(13-17)23(22)25(27)31/h1-11,17-18,20,22-23H,12-14H2/t17-,18-,20-,22-,23-/m0/s1. The summed E-state index contributed by atoms with van der Waals surface area (Å²) in [5.41, 5.74) is 0.727. The van der Waals surface area contributed by atoms with E-state index >= 15 is 0 Å². The Kier molecular flexibility index (Phi) is 5.76. The van der Waals surface area contributed by atoms with Gasteiger partial charge in [-0.15, -0.1) is 0 Å². The molecule has 0 aromatic heterocycles. The highest BCUT2D eigenvalue weighted by molar-refractivity contribution is 6.09. The van der Waals surface area contributed by atoms with E-state index in [0.717, 1.165) is 16.9 Å². The molecule has 0 spiro atoms. The number of benzene rings is 2. The number of rotatable bonds is 8. The van der Waals surface area contributed by atoms with Crippen molar-refractivity contribution in [1.82, 2.24) is 4.90 Å². The van der Waals surface area contributed by atoms with Crippen molar-refractivity contribution < 1.29 is 28.8 Å². The summed E-state index contributed by atoms with van der Waals surface area (Å²) in [6.45, 7) is -0.613. The second-order valence-corrected chi connectivity index (χ2v) is 9.09. The Balaban J connectivity index is 1.34. The number of Topliss-reactive ketones (excluding diaryl/α,β-unsaturated/α-hetero) is 1. The Bertz CT molecular complexity index is 1210. The lowest BCUT2D eigenvalue weighted by Gasteiger charge is -2.26. The number of ketones is 1. The maximum atomic E-state index is 13.3. The average Bonchev–Trinajstić information content (AvgIpc) is 3.55. The molecule has 5 rings (SSSR count). The summed E-state index contributed by atoms with van der Waals surface area (Å²) in [7, 11) is 0. The molecule has 9 heteroatoms. The fourth-order valence-corrected chi connectivity index (χ4v) is 5.44. The molecule has 1 aliphatic heterocycles. The summed E-state index contributed by atoms with van der Waals surface area (Å²) in [5, 5.41) is 10.8. The topological polar surface area (TPSA) is 124 Å². The van der Waals surface area contributed by atoms with Crippen LogP contribution in [-0.4, -0.2) is 46.0 Å². The van der Waals surface area contributed by atoms with E-state index in [1.807, 2.05) is 18.2 Å². The van der Waals surface area contributed by atoms with E-state index in [1.54, 1.807) is 24.3 Å². The first kappa shape index (κ1) is 22.6. The maximum absolute atomic E-state index is 13.3. The van der Waals surface area contributed by atoms with Crippen LogP contribution in [-0.2, 0) is 25.5 Å². The zero-order valence-electron chi connectivity index (χ0n) is 18.6. The van der Waals surface area contributed by atoms with Crippen molar-refractivity contribution in [2.24, 2.45) is 23.7 Å². The molecule has 2 aromatic rings. The van der Waals surface area contributed by atoms with Crippen LogP contribution < -0.4 is 0 Å². The number of fused-ring (bicyclic) bond motifs is 5. The molecule has 2 bridgehead atoms. The molecule has 0 N–H and O–H groups in total. The predicted molar refractivity (Wildman–Crippen MR) is 122 cm³/mol. The monoisotopic (exact) mass is 474 g/mol. The van der Waals surface area contributed by atoms with Crippen LogP contribution in [0.3, 0.4) is 0 Å². The Morgan fingerprint density at radius 1 is 0.971 bits per heavy atom. The van der Waals surface area contributed by atoms with E-state index in [4.69, 9.17) is 4.74 Å². The van der Waals surface area contributed by atoms with Gasteiger partial charge in [-0.2, -0.15) is 0 Å². The molecule has 3 aliphatic rings. The number of amides is 2. The number of carbonyl (C=O) groups is 4. The molecule has 2 amide bonds. The molecule has 178 valence electrons. The second kappa shape index (κ2) is 8.90. The Labute approximate surface area is 200 Å². The molecule has 1 heterocycles. The van der Waals surface area contributed by atoms with Crippen molar-refractivity contribution in [1.29, 1.82) is 0 Å². The van der Waals surface area contributed by atoms with Crippen molar-refractivity contribution in [2.75, 3.05) is 6.61 Å². The second-order valence-electron chi connectivity index (χ2n) is 9.09. The number of non-ortho nitro benzene ring substituents is 1. The summed E-state index contributed by atoms with van der Waals surface area (Å²) in [4.78, 5) is 63.6. The van der Waals surface area contributed by atoms with Crippen LogP contribution in [0.5, 0.6) is 0 Å². The van der Waals surface area contributed by atoms with E-state index in [-0.39, 0.29) is 41.3 Å². The van der Waals surface area contributed by atoms with Crippen LogP contribution in [0.15, 0.2) is 66.7 Å². The Hall–Kier alpha value is -4.14. The number of esters is 1. The van der Waals surface area contributed by atoms with Crippen molar-refractivity contribution in [2.45, 2.75) is 18.9 Å². The van der Waals surface area contributed by atoms with Gasteiger partial charge < -0.3 is 4.74 Å². The lowest BCUT2D eigenvalue weighted by molar-refractivity contribution is -0.384. The quantitative estimate of drug-likeness (QED) is 0.144. The molecular weight excluding hydrogens is 452 g/mol. The van der Waals surface area contributed by atoms with Gasteiger partial charge in [-0.1, -0.05) is 42.5 Å². The van der Waals surface area contributed by atoms with Gasteiger partial charge in [0.15, 0.2) is 12.4 Å². The minimum absolute atomic E-state index is 0.00330. The van der Waals surface area contributed by atoms with Gasteiger partial charge in [-0.25, -0.2) is 4.79 Å². The largest absolute Gasteiger partial charge is 0.456 e. The first-order chi connectivity index (χ1) is 16.8. The normalized spacial score (nSPS) is 25.0. The number of carbonyl (C=O) groups excluding carboxylic acids is 4. The SMILES string of the molecule is O=C(COC(=O)[C@H](Cc1ccccc1)N1C(=O)[C@@H]2[C@@H](C1=O)[C@H]1C=C[C@H]2C1)c1ccc([N+](=O)[O-])cc1. The van der Waals surface area contributed by atoms with Crippen LogP contribution in [0.1, 0.15) is 22.3 Å². The van der Waals surface area contributed by atoms with Crippen LogP contribution >= 0.6 is 0 Å². The predicted octanol–water partition coefficient (Wildman–Crippen LogP) is 2.74. The van der Waals surface area contributed by atoms with Gasteiger partial charge in [0.2, 0.25) is 11.8 Å². The molecule has 35 heavy (non-hydrogen) atoms. The van der Waals surface area contributed by atoms with Gasteiger partial charge in [0.05, 0.1) is 16.8 Å². The van der Waals surface area contributed by atoms with Crippen LogP contribution in [0.2, 0.25) is 0 Å². The first-order valence-electron chi connectivity index (χ1n) is 11.4. The zero-order valence-corrected chi connectivity index (χ0v) is 18.6. The van der Waals surface area contributed by atoms with Gasteiger partial charge in [0.25, 0.3) is 5.69 Å². The van der Waals surface area contributed by atoms with Crippen molar-refractivity contribution in [3.8, 4) is 0 Å². The number of nitro benzene ring substituents is 1. The summed E-state index contributed by atoms with van der Waals surface area (Å²) in [6.07, 6.45) is 4.81. The highest BCUT2D eigenvalue weighted by Gasteiger charge is 2.61. The van der Waals surface area contributed by atoms with Gasteiger partial charge in [-0.3, -0.25) is 29.4 Å². The number of nitro groups is 1. The summed E-state index contributed by atoms with van der Waals surface area (Å²) < 4.78 is 5.29. The van der Waals surface area contributed by atoms with E-state index < -0.39 is 41.2 Å². The molecule has 2 aromatic carbocycles. The average molecular weight is 474 g/mol. The molecule has 2 aliphatic carbocycles. The first-order valence-corrected chi connectivity index (χ1v) is 11.4. The molecule has 0 radical (unpaired) electrons. The number of hydrogen-bond acceptors (Lipinski definition) is 7. The van der Waals surface area contributed by atoms with Crippen molar-refractivity contribution in [3.05, 3.63) is 88.0 Å². The molecular formula is C26H22N2O7. The van der Waals surface area contributed by atoms with E-state index in [1.165, 1.54) is 24.3 Å². The summed E-state index contributed by atoms with van der Waals surface area (Å²) in [5.74, 6) is -3.02. The van der Waals surface area contributed by atoms with Crippen molar-refractivity contribution >= 4 is 29.3 Å². The molecule has 9 nitrogen and oxygen atoms in total. The summed E-state index contributed by atoms with van der Waals surface area (Å²) >= 11 is 0. The van der Waals surface area contributed by atoms with Gasteiger partial charge in [0, 0.05) is 24.1 Å². The number of nitrogens with zero attached hydrogens (tertiary/aromatic N) is 2. The zero-order chi connectivity index (χ0) is 24.7. The van der Waals surface area contributed by atoms with Gasteiger partial charge in [-0.05, 0) is 36.0 Å². The number of likely N-dealkylation sites (tertiary alicyclic amines) is 1. The van der Waals surface area contributed by atoms with Crippen LogP contribution in [0.25, 0.3) is 0 Å². The number of imide groups is 1. The lowest BCUT2D eigenvalue weighted by atomic mass is 9.85. The van der Waals surface area contributed by atoms with Gasteiger partial charge >= 0.3 is 5.97 Å². The highest BCUT2D eigenvalue weighted by Crippen LogP contribution is 2.53. The van der Waals surface area contributed by atoms with E-state index in [2.05, 4.69) is 0 Å². The third-order valence-electron chi connectivity index (χ3n) is 7.11. The van der Waals surface area contributed by atoms with E-state index in [9.17, 15) is 29.3 Å². The highest BCUT2D eigenvalue weighted by atomic mass is 16.6. The summed E-state index contributed by atoms with van der Waals surface area (Å²) in [6, 6.07) is 12.8. The minimum atomic E-state index is -1.19. The molecule has 0 unspecified atom stereocenters. The fraction of sp³-hybridized carbons (Fsp3) is 0.308.